The zero-order valence-electron chi connectivity index (χ0n) is 13.0. The van der Waals surface area contributed by atoms with Crippen LogP contribution in [0.5, 0.6) is 0 Å². The Kier molecular flexibility index (Phi) is 5.08. The highest BCUT2D eigenvalue weighted by molar-refractivity contribution is 8.01. The van der Waals surface area contributed by atoms with Crippen molar-refractivity contribution in [2.24, 2.45) is 0 Å². The van der Waals surface area contributed by atoms with Gasteiger partial charge >= 0.3 is 0 Å². The number of thioether (sulfide) groups is 1. The minimum absolute atomic E-state index is 0.0134. The Hall–Kier alpha value is -1.31. The standard InChI is InChI=1S/C16H18N2O2S3/c1-11-14(19)18(16(23-11)12-5-9-21-10-12)7-6-17(2)15(20)13-4-3-8-22-13/h3-5,8-11,16H,6-7H2,1-2H3/t11-,16-/m1/s1. The molecule has 2 aromatic rings. The summed E-state index contributed by atoms with van der Waals surface area (Å²) in [5, 5.41) is 6.06. The van der Waals surface area contributed by atoms with Crippen LogP contribution in [-0.2, 0) is 4.79 Å². The number of hydrogen-bond acceptors (Lipinski definition) is 5. The van der Waals surface area contributed by atoms with Gasteiger partial charge in [0.25, 0.3) is 5.91 Å². The number of hydrogen-bond donors (Lipinski definition) is 0. The molecule has 2 aromatic heterocycles. The summed E-state index contributed by atoms with van der Waals surface area (Å²) in [6.45, 7) is 3.05. The van der Waals surface area contributed by atoms with E-state index in [1.165, 1.54) is 16.9 Å². The van der Waals surface area contributed by atoms with Gasteiger partial charge in [0.05, 0.1) is 10.1 Å². The predicted molar refractivity (Wildman–Crippen MR) is 97.1 cm³/mol. The van der Waals surface area contributed by atoms with Gasteiger partial charge < -0.3 is 9.80 Å². The summed E-state index contributed by atoms with van der Waals surface area (Å²) in [7, 11) is 1.79. The first kappa shape index (κ1) is 16.5. The van der Waals surface area contributed by atoms with Crippen LogP contribution in [0.2, 0.25) is 0 Å². The summed E-state index contributed by atoms with van der Waals surface area (Å²) >= 11 is 4.77. The summed E-state index contributed by atoms with van der Waals surface area (Å²) in [4.78, 5) is 29.0. The van der Waals surface area contributed by atoms with E-state index in [0.717, 1.165) is 4.88 Å². The first-order chi connectivity index (χ1) is 11.1. The SMILES string of the molecule is C[C@H]1S[C@H](c2ccsc2)N(CCN(C)C(=O)c2cccs2)C1=O. The fraction of sp³-hybridized carbons (Fsp3) is 0.375. The normalized spacial score (nSPS) is 21.0. The number of thiophene rings is 2. The summed E-state index contributed by atoms with van der Waals surface area (Å²) in [5.74, 6) is 0.169. The van der Waals surface area contributed by atoms with Gasteiger partial charge in [-0.25, -0.2) is 0 Å². The van der Waals surface area contributed by atoms with Crippen LogP contribution in [0.25, 0.3) is 0 Å². The maximum absolute atomic E-state index is 12.4. The zero-order chi connectivity index (χ0) is 16.4. The Labute approximate surface area is 148 Å². The number of carbonyl (C=O) groups excluding carboxylic acids is 2. The Bertz CT molecular complexity index is 670. The van der Waals surface area contributed by atoms with Crippen LogP contribution in [0.4, 0.5) is 0 Å². The third kappa shape index (κ3) is 3.46. The Morgan fingerprint density at radius 2 is 2.17 bits per heavy atom. The molecule has 2 amide bonds. The highest BCUT2D eigenvalue weighted by atomic mass is 32.2. The molecule has 3 rings (SSSR count). The lowest BCUT2D eigenvalue weighted by atomic mass is 10.2. The summed E-state index contributed by atoms with van der Waals surface area (Å²) < 4.78 is 0. The molecular formula is C16H18N2O2S3. The number of nitrogens with zero attached hydrogens (tertiary/aromatic N) is 2. The van der Waals surface area contributed by atoms with E-state index >= 15 is 0 Å². The van der Waals surface area contributed by atoms with Gasteiger partial charge in [0.1, 0.15) is 5.37 Å². The average molecular weight is 367 g/mol. The topological polar surface area (TPSA) is 40.6 Å². The minimum atomic E-state index is -0.0294. The van der Waals surface area contributed by atoms with Gasteiger partial charge in [-0.3, -0.25) is 9.59 Å². The molecule has 0 spiro atoms. The Morgan fingerprint density at radius 1 is 1.35 bits per heavy atom. The number of rotatable bonds is 5. The molecule has 0 saturated carbocycles. The fourth-order valence-electron chi connectivity index (χ4n) is 2.52. The molecule has 0 radical (unpaired) electrons. The van der Waals surface area contributed by atoms with Crippen molar-refractivity contribution in [1.29, 1.82) is 0 Å². The molecule has 1 saturated heterocycles. The lowest BCUT2D eigenvalue weighted by Gasteiger charge is -2.26. The van der Waals surface area contributed by atoms with Crippen LogP contribution in [0, 0.1) is 0 Å². The smallest absolute Gasteiger partial charge is 0.263 e. The molecule has 0 aliphatic carbocycles. The van der Waals surface area contributed by atoms with Crippen LogP contribution in [0.15, 0.2) is 34.3 Å². The Balaban J connectivity index is 1.65. The molecular weight excluding hydrogens is 348 g/mol. The summed E-state index contributed by atoms with van der Waals surface area (Å²) in [6.07, 6.45) is 0. The monoisotopic (exact) mass is 366 g/mol. The van der Waals surface area contributed by atoms with E-state index in [1.807, 2.05) is 34.7 Å². The molecule has 0 unspecified atom stereocenters. The molecule has 2 atom stereocenters. The third-order valence-corrected chi connectivity index (χ3v) is 6.78. The van der Waals surface area contributed by atoms with Crippen LogP contribution in [0.3, 0.4) is 0 Å². The molecule has 3 heterocycles. The van der Waals surface area contributed by atoms with Crippen LogP contribution in [0.1, 0.15) is 27.5 Å². The number of carbonyl (C=O) groups is 2. The van der Waals surface area contributed by atoms with Crippen molar-refractivity contribution in [3.05, 3.63) is 44.8 Å². The largest absolute Gasteiger partial charge is 0.339 e. The second-order valence-corrected chi connectivity index (χ2v) is 8.58. The van der Waals surface area contributed by atoms with E-state index in [2.05, 4.69) is 11.4 Å². The molecule has 1 aliphatic rings. The second-order valence-electron chi connectivity index (χ2n) is 5.42. The van der Waals surface area contributed by atoms with E-state index in [4.69, 9.17) is 0 Å². The molecule has 0 N–H and O–H groups in total. The van der Waals surface area contributed by atoms with Crippen LogP contribution >= 0.6 is 34.4 Å². The lowest BCUT2D eigenvalue weighted by Crippen LogP contribution is -2.38. The maximum Gasteiger partial charge on any atom is 0.263 e. The third-order valence-electron chi connectivity index (χ3n) is 3.83. The van der Waals surface area contributed by atoms with Gasteiger partial charge in [0, 0.05) is 20.1 Å². The summed E-state index contributed by atoms with van der Waals surface area (Å²) in [6, 6.07) is 5.78. The molecule has 23 heavy (non-hydrogen) atoms. The molecule has 1 aliphatic heterocycles. The molecule has 7 heteroatoms. The van der Waals surface area contributed by atoms with E-state index in [-0.39, 0.29) is 22.4 Å². The first-order valence-corrected chi connectivity index (χ1v) is 10.1. The van der Waals surface area contributed by atoms with Crippen molar-refractivity contribution in [3.8, 4) is 0 Å². The van der Waals surface area contributed by atoms with Crippen molar-refractivity contribution in [2.75, 3.05) is 20.1 Å². The lowest BCUT2D eigenvalue weighted by molar-refractivity contribution is -0.129. The van der Waals surface area contributed by atoms with E-state index in [9.17, 15) is 9.59 Å². The number of likely N-dealkylation sites (N-methyl/N-ethyl adjacent to an activating group) is 1. The zero-order valence-corrected chi connectivity index (χ0v) is 15.4. The Morgan fingerprint density at radius 3 is 2.83 bits per heavy atom. The fourth-order valence-corrected chi connectivity index (χ4v) is 5.30. The van der Waals surface area contributed by atoms with Gasteiger partial charge in [-0.2, -0.15) is 11.3 Å². The first-order valence-electron chi connectivity index (χ1n) is 7.35. The van der Waals surface area contributed by atoms with Crippen molar-refractivity contribution >= 4 is 46.2 Å². The van der Waals surface area contributed by atoms with Crippen LogP contribution in [-0.4, -0.2) is 47.0 Å². The molecule has 0 aromatic carbocycles. The van der Waals surface area contributed by atoms with Gasteiger partial charge in [0.15, 0.2) is 0 Å². The molecule has 122 valence electrons. The van der Waals surface area contributed by atoms with Gasteiger partial charge in [-0.05, 0) is 40.8 Å². The van der Waals surface area contributed by atoms with Crippen molar-refractivity contribution in [3.63, 3.8) is 0 Å². The summed E-state index contributed by atoms with van der Waals surface area (Å²) in [5.41, 5.74) is 1.17. The molecule has 4 nitrogen and oxygen atoms in total. The molecule has 1 fully saturated rings. The van der Waals surface area contributed by atoms with E-state index < -0.39 is 0 Å². The van der Waals surface area contributed by atoms with Crippen molar-refractivity contribution in [2.45, 2.75) is 17.5 Å². The van der Waals surface area contributed by atoms with E-state index in [0.29, 0.717) is 13.1 Å². The van der Waals surface area contributed by atoms with Gasteiger partial charge in [-0.1, -0.05) is 6.07 Å². The second kappa shape index (κ2) is 7.07. The van der Waals surface area contributed by atoms with Crippen LogP contribution < -0.4 is 0 Å². The minimum Gasteiger partial charge on any atom is -0.339 e. The van der Waals surface area contributed by atoms with Gasteiger partial charge in [0.2, 0.25) is 5.91 Å². The predicted octanol–water partition coefficient (Wildman–Crippen LogP) is 3.54. The average Bonchev–Trinajstić information content (AvgIpc) is 3.27. The highest BCUT2D eigenvalue weighted by Gasteiger charge is 2.38. The maximum atomic E-state index is 12.4. The number of amides is 2. The molecule has 0 bridgehead atoms. The van der Waals surface area contributed by atoms with Crippen molar-refractivity contribution < 1.29 is 9.59 Å². The quantitative estimate of drug-likeness (QED) is 0.813. The van der Waals surface area contributed by atoms with Crippen molar-refractivity contribution in [1.82, 2.24) is 9.80 Å². The van der Waals surface area contributed by atoms with E-state index in [1.54, 1.807) is 35.0 Å². The highest BCUT2D eigenvalue weighted by Crippen LogP contribution is 2.43. The van der Waals surface area contributed by atoms with Gasteiger partial charge in [-0.15, -0.1) is 23.1 Å².